The minimum Gasteiger partial charge on any atom is -0.394 e. The summed E-state index contributed by atoms with van der Waals surface area (Å²) in [6, 6.07) is -0.644. The van der Waals surface area contributed by atoms with Gasteiger partial charge in [0.2, 0.25) is 5.91 Å². The number of aliphatic hydroxyl groups is 2. The molecule has 2 unspecified atom stereocenters. The lowest BCUT2D eigenvalue weighted by Gasteiger charge is -2.19. The molecule has 0 heterocycles. The Morgan fingerprint density at radius 2 is 0.639 bits per heavy atom. The third-order valence-corrected chi connectivity index (χ3v) is 12.9. The van der Waals surface area contributed by atoms with Gasteiger partial charge in [-0.05, 0) is 44.9 Å². The van der Waals surface area contributed by atoms with Crippen LogP contribution in [0.5, 0.6) is 0 Å². The summed E-state index contributed by atoms with van der Waals surface area (Å²) in [5.41, 5.74) is 0. The van der Waals surface area contributed by atoms with Crippen LogP contribution in [0.2, 0.25) is 0 Å². The van der Waals surface area contributed by atoms with Crippen molar-refractivity contribution in [2.75, 3.05) is 6.61 Å². The van der Waals surface area contributed by atoms with Crippen LogP contribution in [-0.2, 0) is 4.79 Å². The van der Waals surface area contributed by atoms with Gasteiger partial charge in [0.1, 0.15) is 0 Å². The zero-order chi connectivity index (χ0) is 44.2. The van der Waals surface area contributed by atoms with Crippen LogP contribution in [-0.4, -0.2) is 34.9 Å². The van der Waals surface area contributed by atoms with Crippen molar-refractivity contribution >= 4 is 5.91 Å². The number of carbonyl (C=O) groups is 1. The Morgan fingerprint density at radius 3 is 0.951 bits per heavy atom. The highest BCUT2D eigenvalue weighted by molar-refractivity contribution is 5.76. The molecule has 0 spiro atoms. The second-order valence-electron chi connectivity index (χ2n) is 19.0. The fraction of sp³-hybridized carbons (Fsp3) is 0.877. The second-order valence-corrected chi connectivity index (χ2v) is 19.0. The van der Waals surface area contributed by atoms with Crippen LogP contribution in [0.3, 0.4) is 0 Å². The molecule has 0 aromatic carbocycles. The summed E-state index contributed by atoms with van der Waals surface area (Å²) in [4.78, 5) is 12.5. The van der Waals surface area contributed by atoms with Crippen molar-refractivity contribution in [3.8, 4) is 0 Å². The van der Waals surface area contributed by atoms with Crippen molar-refractivity contribution in [1.82, 2.24) is 5.32 Å². The molecular formula is C57H109NO3. The second kappa shape index (κ2) is 53.0. The number of nitrogens with one attached hydrogen (secondary N) is 1. The van der Waals surface area contributed by atoms with E-state index in [1.807, 2.05) is 6.08 Å². The van der Waals surface area contributed by atoms with E-state index >= 15 is 0 Å². The summed E-state index contributed by atoms with van der Waals surface area (Å²) in [6.07, 6.45) is 71.6. The topological polar surface area (TPSA) is 69.6 Å². The highest BCUT2D eigenvalue weighted by Gasteiger charge is 2.18. The third kappa shape index (κ3) is 49.5. The van der Waals surface area contributed by atoms with Gasteiger partial charge in [0.05, 0.1) is 18.8 Å². The predicted molar refractivity (Wildman–Crippen MR) is 272 cm³/mol. The van der Waals surface area contributed by atoms with E-state index in [-0.39, 0.29) is 12.5 Å². The highest BCUT2D eigenvalue weighted by atomic mass is 16.3. The monoisotopic (exact) mass is 856 g/mol. The maximum absolute atomic E-state index is 12.5. The lowest BCUT2D eigenvalue weighted by atomic mass is 10.0. The average Bonchev–Trinajstić information content (AvgIpc) is 3.26. The van der Waals surface area contributed by atoms with Crippen LogP contribution < -0.4 is 5.32 Å². The maximum Gasteiger partial charge on any atom is 0.220 e. The number of allylic oxidation sites excluding steroid dienone is 5. The number of carbonyl (C=O) groups excluding carboxylic acids is 1. The molecule has 0 aromatic rings. The first-order valence-corrected chi connectivity index (χ1v) is 27.7. The largest absolute Gasteiger partial charge is 0.394 e. The number of aliphatic hydroxyl groups excluding tert-OH is 2. The van der Waals surface area contributed by atoms with E-state index in [0.29, 0.717) is 6.42 Å². The van der Waals surface area contributed by atoms with Gasteiger partial charge < -0.3 is 15.5 Å². The van der Waals surface area contributed by atoms with Crippen molar-refractivity contribution in [3.63, 3.8) is 0 Å². The molecule has 0 aliphatic rings. The average molecular weight is 857 g/mol. The molecule has 0 aromatic heterocycles. The normalized spacial score (nSPS) is 13.0. The summed E-state index contributed by atoms with van der Waals surface area (Å²) in [7, 11) is 0. The zero-order valence-corrected chi connectivity index (χ0v) is 41.4. The van der Waals surface area contributed by atoms with Gasteiger partial charge in [0, 0.05) is 6.42 Å². The molecule has 2 atom stereocenters. The van der Waals surface area contributed by atoms with E-state index in [9.17, 15) is 15.0 Å². The molecule has 61 heavy (non-hydrogen) atoms. The number of hydrogen-bond donors (Lipinski definition) is 3. The lowest BCUT2D eigenvalue weighted by Crippen LogP contribution is -2.45. The van der Waals surface area contributed by atoms with E-state index in [0.717, 1.165) is 38.5 Å². The molecule has 360 valence electrons. The standard InChI is InChI=1S/C57H109NO3/c1-3-5-7-9-11-13-15-17-19-21-23-25-27-28-29-30-31-32-34-36-38-40-42-44-46-48-50-52-56(60)55(54-59)58-57(61)53-51-49-47-45-43-41-39-37-35-33-26-24-22-20-18-16-14-12-10-8-6-4-2/h34,36,42,44,50,52,55-56,59-60H,3-33,35,37-41,43,45-49,51,53-54H2,1-2H3,(H,58,61)/b36-34+,44-42+,52-50+. The molecule has 4 heteroatoms. The van der Waals surface area contributed by atoms with Crippen LogP contribution in [0.25, 0.3) is 0 Å². The predicted octanol–water partition coefficient (Wildman–Crippen LogP) is 18.1. The van der Waals surface area contributed by atoms with Crippen molar-refractivity contribution in [2.45, 2.75) is 315 Å². The quantitative estimate of drug-likeness (QED) is 0.0422. The van der Waals surface area contributed by atoms with Crippen molar-refractivity contribution < 1.29 is 15.0 Å². The van der Waals surface area contributed by atoms with Crippen LogP contribution >= 0.6 is 0 Å². The van der Waals surface area contributed by atoms with Gasteiger partial charge in [-0.3, -0.25) is 4.79 Å². The number of hydrogen-bond acceptors (Lipinski definition) is 3. The summed E-state index contributed by atoms with van der Waals surface area (Å²) in [5, 5.41) is 23.1. The first-order chi connectivity index (χ1) is 30.2. The van der Waals surface area contributed by atoms with E-state index in [2.05, 4.69) is 43.5 Å². The summed E-state index contributed by atoms with van der Waals surface area (Å²) >= 11 is 0. The van der Waals surface area contributed by atoms with Gasteiger partial charge in [-0.25, -0.2) is 0 Å². The SMILES string of the molecule is CCCCCCCCCCCCCCCCCCC/C=C/CC/C=C/CC/C=C/C(O)C(CO)NC(=O)CCCCCCCCCCCCCCCCCCCCCCCC. The molecule has 1 amide bonds. The molecule has 0 radical (unpaired) electrons. The molecule has 0 aliphatic heterocycles. The molecular weight excluding hydrogens is 747 g/mol. The van der Waals surface area contributed by atoms with Crippen LogP contribution in [0, 0.1) is 0 Å². The van der Waals surface area contributed by atoms with Crippen molar-refractivity contribution in [2.24, 2.45) is 0 Å². The van der Waals surface area contributed by atoms with Crippen molar-refractivity contribution in [3.05, 3.63) is 36.5 Å². The van der Waals surface area contributed by atoms with Gasteiger partial charge >= 0.3 is 0 Å². The number of rotatable bonds is 51. The summed E-state index contributed by atoms with van der Waals surface area (Å²) in [6.45, 7) is 4.33. The summed E-state index contributed by atoms with van der Waals surface area (Å²) in [5.74, 6) is -0.0723. The third-order valence-electron chi connectivity index (χ3n) is 12.9. The van der Waals surface area contributed by atoms with Crippen molar-refractivity contribution in [1.29, 1.82) is 0 Å². The fourth-order valence-corrected chi connectivity index (χ4v) is 8.63. The molecule has 0 rings (SSSR count). The van der Waals surface area contributed by atoms with E-state index in [1.165, 1.54) is 244 Å². The van der Waals surface area contributed by atoms with Crippen LogP contribution in [0.4, 0.5) is 0 Å². The molecule has 4 nitrogen and oxygen atoms in total. The first-order valence-electron chi connectivity index (χ1n) is 27.7. The molecule has 0 saturated heterocycles. The highest BCUT2D eigenvalue weighted by Crippen LogP contribution is 2.17. The Kier molecular flexibility index (Phi) is 51.7. The fourth-order valence-electron chi connectivity index (χ4n) is 8.63. The van der Waals surface area contributed by atoms with Gasteiger partial charge in [0.25, 0.3) is 0 Å². The maximum atomic E-state index is 12.5. The van der Waals surface area contributed by atoms with Gasteiger partial charge in [-0.2, -0.15) is 0 Å². The number of unbranched alkanes of at least 4 members (excludes halogenated alkanes) is 40. The molecule has 0 aliphatic carbocycles. The lowest BCUT2D eigenvalue weighted by molar-refractivity contribution is -0.123. The Balaban J connectivity index is 3.54. The Bertz CT molecular complexity index is 928. The smallest absolute Gasteiger partial charge is 0.220 e. The molecule has 3 N–H and O–H groups in total. The minimum atomic E-state index is -0.869. The van der Waals surface area contributed by atoms with Gasteiger partial charge in [-0.1, -0.05) is 288 Å². The van der Waals surface area contributed by atoms with Crippen LogP contribution in [0.15, 0.2) is 36.5 Å². The first kappa shape index (κ1) is 59.6. The molecule has 0 bridgehead atoms. The Labute approximate surface area is 382 Å². The van der Waals surface area contributed by atoms with E-state index in [4.69, 9.17) is 0 Å². The van der Waals surface area contributed by atoms with Gasteiger partial charge in [-0.15, -0.1) is 0 Å². The van der Waals surface area contributed by atoms with Gasteiger partial charge in [0.15, 0.2) is 0 Å². The van der Waals surface area contributed by atoms with Crippen LogP contribution in [0.1, 0.15) is 303 Å². The van der Waals surface area contributed by atoms with E-state index < -0.39 is 12.1 Å². The molecule has 0 fully saturated rings. The Hall–Kier alpha value is -1.39. The zero-order valence-electron chi connectivity index (χ0n) is 41.4. The Morgan fingerprint density at radius 1 is 0.377 bits per heavy atom. The number of amides is 1. The molecule has 0 saturated carbocycles. The van der Waals surface area contributed by atoms with E-state index in [1.54, 1.807) is 6.08 Å². The minimum absolute atomic E-state index is 0.0723. The summed E-state index contributed by atoms with van der Waals surface area (Å²) < 4.78 is 0.